The Kier molecular flexibility index (Phi) is 3.39. The number of aromatic amines is 1. The monoisotopic (exact) mass is 332 g/mol. The molecule has 0 radical (unpaired) electrons. The Morgan fingerprint density at radius 3 is 2.95 bits per heavy atom. The van der Waals surface area contributed by atoms with Crippen LogP contribution >= 0.6 is 34.7 Å². The van der Waals surface area contributed by atoms with E-state index in [0.29, 0.717) is 22.8 Å². The number of amides is 1. The number of hydrogen-bond acceptors (Lipinski definition) is 6. The van der Waals surface area contributed by atoms with Crippen molar-refractivity contribution >= 4 is 45.6 Å². The van der Waals surface area contributed by atoms with Gasteiger partial charge in [-0.2, -0.15) is 9.59 Å². The van der Waals surface area contributed by atoms with Crippen LogP contribution in [0.1, 0.15) is 18.5 Å². The minimum atomic E-state index is -0.753. The van der Waals surface area contributed by atoms with Gasteiger partial charge in [0.05, 0.1) is 11.3 Å². The molecule has 2 aromatic rings. The van der Waals surface area contributed by atoms with Crippen LogP contribution in [0, 0.1) is 12.8 Å². The number of nitrogens with one attached hydrogen (secondary N) is 2. The summed E-state index contributed by atoms with van der Waals surface area (Å²) in [5.74, 6) is 0.266. The van der Waals surface area contributed by atoms with Crippen molar-refractivity contribution in [2.24, 2.45) is 5.92 Å². The molecule has 106 valence electrons. The SMILES string of the molecule is Cc1nsc(NC(=O)CC2CC2(Cl)Cl)c1-c1nn[nH]n1. The first-order valence-electron chi connectivity index (χ1n) is 5.85. The van der Waals surface area contributed by atoms with Crippen molar-refractivity contribution in [1.82, 2.24) is 25.0 Å². The Hall–Kier alpha value is -1.25. The zero-order valence-electron chi connectivity index (χ0n) is 10.4. The highest BCUT2D eigenvalue weighted by atomic mass is 35.5. The summed E-state index contributed by atoms with van der Waals surface area (Å²) in [6, 6.07) is 0. The van der Waals surface area contributed by atoms with Gasteiger partial charge in [0.1, 0.15) is 9.33 Å². The van der Waals surface area contributed by atoms with Gasteiger partial charge in [0.25, 0.3) is 0 Å². The van der Waals surface area contributed by atoms with Gasteiger partial charge >= 0.3 is 0 Å². The third-order valence-electron chi connectivity index (χ3n) is 3.07. The average Bonchev–Trinajstić information content (AvgIpc) is 2.77. The van der Waals surface area contributed by atoms with E-state index in [9.17, 15) is 4.79 Å². The highest BCUT2D eigenvalue weighted by Gasteiger charge is 2.52. The maximum atomic E-state index is 12.0. The number of aromatic nitrogens is 5. The molecule has 20 heavy (non-hydrogen) atoms. The number of nitrogens with zero attached hydrogens (tertiary/aromatic N) is 4. The molecule has 0 aliphatic heterocycles. The van der Waals surface area contributed by atoms with E-state index >= 15 is 0 Å². The number of carbonyl (C=O) groups is 1. The molecule has 2 N–H and O–H groups in total. The van der Waals surface area contributed by atoms with Crippen molar-refractivity contribution in [2.75, 3.05) is 5.32 Å². The quantitative estimate of drug-likeness (QED) is 0.836. The Labute approximate surface area is 128 Å². The second kappa shape index (κ2) is 4.94. The number of aryl methyl sites for hydroxylation is 1. The van der Waals surface area contributed by atoms with Gasteiger partial charge in [-0.3, -0.25) is 4.79 Å². The van der Waals surface area contributed by atoms with Gasteiger partial charge < -0.3 is 5.32 Å². The molecule has 1 saturated carbocycles. The average molecular weight is 333 g/mol. The van der Waals surface area contributed by atoms with Crippen LogP contribution in [0.2, 0.25) is 0 Å². The van der Waals surface area contributed by atoms with Gasteiger partial charge in [-0.05, 0) is 30.1 Å². The molecule has 7 nitrogen and oxygen atoms in total. The first-order chi connectivity index (χ1) is 9.47. The molecule has 0 aromatic carbocycles. The summed E-state index contributed by atoms with van der Waals surface area (Å²) in [4.78, 5) is 12.0. The molecule has 1 aliphatic rings. The lowest BCUT2D eigenvalue weighted by molar-refractivity contribution is -0.116. The van der Waals surface area contributed by atoms with Gasteiger partial charge in [0, 0.05) is 12.3 Å². The van der Waals surface area contributed by atoms with Crippen LogP contribution < -0.4 is 5.32 Å². The maximum Gasteiger partial charge on any atom is 0.225 e. The number of alkyl halides is 2. The summed E-state index contributed by atoms with van der Waals surface area (Å²) in [6.07, 6.45) is 0.929. The van der Waals surface area contributed by atoms with Gasteiger partial charge in [-0.25, -0.2) is 0 Å². The van der Waals surface area contributed by atoms with E-state index in [1.165, 1.54) is 11.5 Å². The van der Waals surface area contributed by atoms with Crippen LogP contribution in [0.15, 0.2) is 0 Å². The van der Waals surface area contributed by atoms with Gasteiger partial charge in [0.15, 0.2) is 0 Å². The second-order valence-electron chi connectivity index (χ2n) is 4.62. The highest BCUT2D eigenvalue weighted by molar-refractivity contribution is 7.11. The lowest BCUT2D eigenvalue weighted by atomic mass is 10.2. The minimum Gasteiger partial charge on any atom is -0.316 e. The highest BCUT2D eigenvalue weighted by Crippen LogP contribution is 2.55. The maximum absolute atomic E-state index is 12.0. The first kappa shape index (κ1) is 13.7. The van der Waals surface area contributed by atoms with Gasteiger partial charge in [0.2, 0.25) is 11.7 Å². The fourth-order valence-corrected chi connectivity index (χ4v) is 3.21. The van der Waals surface area contributed by atoms with Crippen LogP contribution in [0.25, 0.3) is 11.4 Å². The topological polar surface area (TPSA) is 96.5 Å². The zero-order chi connectivity index (χ0) is 14.3. The van der Waals surface area contributed by atoms with Crippen LogP contribution in [0.4, 0.5) is 5.00 Å². The van der Waals surface area contributed by atoms with Gasteiger partial charge in [-0.15, -0.1) is 33.4 Å². The Morgan fingerprint density at radius 2 is 2.35 bits per heavy atom. The van der Waals surface area contributed by atoms with E-state index in [2.05, 4.69) is 30.3 Å². The van der Waals surface area contributed by atoms with Crippen molar-refractivity contribution < 1.29 is 4.79 Å². The molecule has 1 amide bonds. The minimum absolute atomic E-state index is 0.00785. The van der Waals surface area contributed by atoms with Crippen LogP contribution in [-0.4, -0.2) is 35.2 Å². The summed E-state index contributed by atoms with van der Waals surface area (Å²) in [6.45, 7) is 1.82. The predicted octanol–water partition coefficient (Wildman–Crippen LogP) is 2.15. The molecule has 2 heterocycles. The summed E-state index contributed by atoms with van der Waals surface area (Å²) in [7, 11) is 0. The molecule has 3 rings (SSSR count). The van der Waals surface area contributed by atoms with Crippen molar-refractivity contribution in [3.8, 4) is 11.4 Å². The van der Waals surface area contributed by atoms with Crippen molar-refractivity contribution in [1.29, 1.82) is 0 Å². The van der Waals surface area contributed by atoms with Crippen LogP contribution in [0.5, 0.6) is 0 Å². The molecular formula is C10H10Cl2N6OS. The normalized spacial score (nSPS) is 19.9. The third kappa shape index (κ3) is 2.63. The molecule has 0 saturated heterocycles. The molecule has 0 spiro atoms. The van der Waals surface area contributed by atoms with Crippen molar-refractivity contribution in [3.63, 3.8) is 0 Å². The summed E-state index contributed by atoms with van der Waals surface area (Å²) < 4.78 is 3.45. The predicted molar refractivity (Wildman–Crippen MR) is 75.8 cm³/mol. The molecule has 1 fully saturated rings. The number of hydrogen-bond donors (Lipinski definition) is 2. The summed E-state index contributed by atoms with van der Waals surface area (Å²) in [5.41, 5.74) is 1.41. The summed E-state index contributed by atoms with van der Waals surface area (Å²) >= 11 is 13.0. The fourth-order valence-electron chi connectivity index (χ4n) is 1.88. The lowest BCUT2D eigenvalue weighted by Gasteiger charge is -2.04. The largest absolute Gasteiger partial charge is 0.316 e. The molecule has 1 aliphatic carbocycles. The number of anilines is 1. The number of H-pyrrole nitrogens is 1. The molecule has 0 bridgehead atoms. The number of carbonyl (C=O) groups excluding carboxylic acids is 1. The zero-order valence-corrected chi connectivity index (χ0v) is 12.7. The number of halogens is 2. The van der Waals surface area contributed by atoms with Crippen molar-refractivity contribution in [3.05, 3.63) is 5.69 Å². The molecule has 1 unspecified atom stereocenters. The summed E-state index contributed by atoms with van der Waals surface area (Å²) in [5, 5.41) is 17.1. The van der Waals surface area contributed by atoms with E-state index < -0.39 is 4.33 Å². The molecule has 1 atom stereocenters. The van der Waals surface area contributed by atoms with Crippen LogP contribution in [0.3, 0.4) is 0 Å². The standard InChI is InChI=1S/C10H10Cl2N6OS/c1-4-7(8-14-17-18-15-8)9(20-16-4)13-6(19)2-5-3-10(5,11)12/h5H,2-3H2,1H3,(H,13,19)(H,14,15,17,18). The first-order valence-corrected chi connectivity index (χ1v) is 7.38. The fraction of sp³-hybridized carbons (Fsp3) is 0.500. The second-order valence-corrected chi connectivity index (χ2v) is 6.94. The number of rotatable bonds is 4. The number of tetrazole rings is 1. The van der Waals surface area contributed by atoms with E-state index in [-0.39, 0.29) is 18.2 Å². The van der Waals surface area contributed by atoms with Crippen molar-refractivity contribution in [2.45, 2.75) is 24.1 Å². The van der Waals surface area contributed by atoms with Crippen LogP contribution in [-0.2, 0) is 4.79 Å². The smallest absolute Gasteiger partial charge is 0.225 e. The van der Waals surface area contributed by atoms with Gasteiger partial charge in [-0.1, -0.05) is 0 Å². The van der Waals surface area contributed by atoms with E-state index in [1.807, 2.05) is 6.92 Å². The lowest BCUT2D eigenvalue weighted by Crippen LogP contribution is -2.13. The molecule has 2 aromatic heterocycles. The van der Waals surface area contributed by atoms with E-state index in [4.69, 9.17) is 23.2 Å². The third-order valence-corrected chi connectivity index (χ3v) is 4.85. The Balaban J connectivity index is 1.74. The van der Waals surface area contributed by atoms with E-state index in [1.54, 1.807) is 0 Å². The Morgan fingerprint density at radius 1 is 1.60 bits per heavy atom. The molecular weight excluding hydrogens is 323 g/mol. The van der Waals surface area contributed by atoms with E-state index in [0.717, 1.165) is 5.69 Å². The molecule has 10 heteroatoms. The Bertz CT molecular complexity index is 640.